The monoisotopic (exact) mass is 303 g/mol. The third kappa shape index (κ3) is 4.35. The SMILES string of the molecule is Cc1ccc(C(=O)N2CCOCC2)cc1OCC(F)(F)F. The zero-order chi connectivity index (χ0) is 15.5. The fourth-order valence-corrected chi connectivity index (χ4v) is 2.00. The van der Waals surface area contributed by atoms with Crippen LogP contribution in [0.4, 0.5) is 13.2 Å². The average Bonchev–Trinajstić information content (AvgIpc) is 2.46. The lowest BCUT2D eigenvalue weighted by Gasteiger charge is -2.27. The molecule has 1 aliphatic heterocycles. The molecule has 1 heterocycles. The number of ether oxygens (including phenoxy) is 2. The van der Waals surface area contributed by atoms with Crippen LogP contribution in [0.3, 0.4) is 0 Å². The molecule has 1 aliphatic rings. The van der Waals surface area contributed by atoms with Gasteiger partial charge < -0.3 is 14.4 Å². The quantitative estimate of drug-likeness (QED) is 0.861. The number of benzene rings is 1. The van der Waals surface area contributed by atoms with Crippen LogP contribution in [-0.4, -0.2) is 49.9 Å². The number of hydrogen-bond acceptors (Lipinski definition) is 3. The molecule has 0 radical (unpaired) electrons. The van der Waals surface area contributed by atoms with Crippen molar-refractivity contribution in [1.82, 2.24) is 4.90 Å². The number of rotatable bonds is 3. The van der Waals surface area contributed by atoms with Crippen molar-refractivity contribution in [3.8, 4) is 5.75 Å². The number of carbonyl (C=O) groups is 1. The number of carbonyl (C=O) groups excluding carboxylic acids is 1. The van der Waals surface area contributed by atoms with E-state index in [-0.39, 0.29) is 11.7 Å². The van der Waals surface area contributed by atoms with Gasteiger partial charge in [0.05, 0.1) is 13.2 Å². The molecule has 1 fully saturated rings. The van der Waals surface area contributed by atoms with Crippen molar-refractivity contribution in [2.24, 2.45) is 0 Å². The summed E-state index contributed by atoms with van der Waals surface area (Å²) in [4.78, 5) is 13.9. The molecule has 0 bridgehead atoms. The summed E-state index contributed by atoms with van der Waals surface area (Å²) >= 11 is 0. The highest BCUT2D eigenvalue weighted by Gasteiger charge is 2.29. The Hall–Kier alpha value is -1.76. The van der Waals surface area contributed by atoms with Crippen LogP contribution in [0.15, 0.2) is 18.2 Å². The minimum atomic E-state index is -4.41. The Morgan fingerprint density at radius 1 is 1.33 bits per heavy atom. The van der Waals surface area contributed by atoms with Gasteiger partial charge in [-0.25, -0.2) is 0 Å². The molecule has 1 amide bonds. The molecule has 0 unspecified atom stereocenters. The number of alkyl halides is 3. The van der Waals surface area contributed by atoms with E-state index >= 15 is 0 Å². The lowest BCUT2D eigenvalue weighted by molar-refractivity contribution is -0.153. The molecule has 4 nitrogen and oxygen atoms in total. The van der Waals surface area contributed by atoms with Crippen molar-refractivity contribution in [3.05, 3.63) is 29.3 Å². The van der Waals surface area contributed by atoms with Gasteiger partial charge in [0.15, 0.2) is 6.61 Å². The molecule has 0 aromatic heterocycles. The highest BCUT2D eigenvalue weighted by atomic mass is 19.4. The lowest BCUT2D eigenvalue weighted by atomic mass is 10.1. The number of amides is 1. The van der Waals surface area contributed by atoms with Gasteiger partial charge in [-0.05, 0) is 24.6 Å². The second-order valence-electron chi connectivity index (χ2n) is 4.79. The van der Waals surface area contributed by atoms with Crippen molar-refractivity contribution in [2.75, 3.05) is 32.9 Å². The summed E-state index contributed by atoms with van der Waals surface area (Å²) in [5.41, 5.74) is 0.873. The van der Waals surface area contributed by atoms with Gasteiger partial charge in [0, 0.05) is 18.7 Å². The lowest BCUT2D eigenvalue weighted by Crippen LogP contribution is -2.40. The Morgan fingerprint density at radius 3 is 2.62 bits per heavy atom. The summed E-state index contributed by atoms with van der Waals surface area (Å²) in [5, 5.41) is 0. The van der Waals surface area contributed by atoms with E-state index in [0.717, 1.165) is 0 Å². The van der Waals surface area contributed by atoms with E-state index in [1.807, 2.05) is 0 Å². The van der Waals surface area contributed by atoms with E-state index in [1.165, 1.54) is 6.07 Å². The van der Waals surface area contributed by atoms with Gasteiger partial charge in [-0.1, -0.05) is 6.07 Å². The van der Waals surface area contributed by atoms with Crippen LogP contribution < -0.4 is 4.74 Å². The van der Waals surface area contributed by atoms with Crippen LogP contribution in [0.2, 0.25) is 0 Å². The molecule has 116 valence electrons. The molecular formula is C14H16F3NO3. The van der Waals surface area contributed by atoms with Gasteiger partial charge in [0.2, 0.25) is 0 Å². The van der Waals surface area contributed by atoms with Crippen LogP contribution in [0.25, 0.3) is 0 Å². The normalized spacial score (nSPS) is 15.9. The summed E-state index contributed by atoms with van der Waals surface area (Å²) in [6.45, 7) is 2.15. The minimum absolute atomic E-state index is 0.0754. The van der Waals surface area contributed by atoms with Crippen LogP contribution in [-0.2, 0) is 4.74 Å². The van der Waals surface area contributed by atoms with Gasteiger partial charge >= 0.3 is 6.18 Å². The van der Waals surface area contributed by atoms with Crippen LogP contribution in [0.1, 0.15) is 15.9 Å². The number of hydrogen-bond donors (Lipinski definition) is 0. The molecule has 0 N–H and O–H groups in total. The van der Waals surface area contributed by atoms with E-state index in [1.54, 1.807) is 24.0 Å². The highest BCUT2D eigenvalue weighted by Crippen LogP contribution is 2.24. The zero-order valence-electron chi connectivity index (χ0n) is 11.6. The molecule has 21 heavy (non-hydrogen) atoms. The first kappa shape index (κ1) is 15.6. The fourth-order valence-electron chi connectivity index (χ4n) is 2.00. The molecule has 1 aromatic carbocycles. The summed E-state index contributed by atoms with van der Waals surface area (Å²) < 4.78 is 46.5. The first-order valence-electron chi connectivity index (χ1n) is 6.54. The zero-order valence-corrected chi connectivity index (χ0v) is 11.6. The van der Waals surface area contributed by atoms with E-state index < -0.39 is 12.8 Å². The second-order valence-corrected chi connectivity index (χ2v) is 4.79. The number of nitrogens with zero attached hydrogens (tertiary/aromatic N) is 1. The van der Waals surface area contributed by atoms with Gasteiger partial charge in [0.1, 0.15) is 5.75 Å². The van der Waals surface area contributed by atoms with Crippen LogP contribution in [0, 0.1) is 6.92 Å². The predicted molar refractivity (Wildman–Crippen MR) is 69.5 cm³/mol. The maximum Gasteiger partial charge on any atom is 0.422 e. The Bertz CT molecular complexity index is 511. The first-order chi connectivity index (χ1) is 9.87. The number of halogens is 3. The topological polar surface area (TPSA) is 38.8 Å². The maximum absolute atomic E-state index is 12.3. The van der Waals surface area contributed by atoms with E-state index in [2.05, 4.69) is 0 Å². The third-order valence-corrected chi connectivity index (χ3v) is 3.12. The Morgan fingerprint density at radius 2 is 2.00 bits per heavy atom. The molecule has 0 atom stereocenters. The van der Waals surface area contributed by atoms with Crippen molar-refractivity contribution in [1.29, 1.82) is 0 Å². The van der Waals surface area contributed by atoms with Crippen molar-refractivity contribution < 1.29 is 27.4 Å². The second kappa shape index (κ2) is 6.34. The van der Waals surface area contributed by atoms with Gasteiger partial charge in [-0.3, -0.25) is 4.79 Å². The van der Waals surface area contributed by atoms with Gasteiger partial charge in [-0.15, -0.1) is 0 Å². The molecule has 0 aliphatic carbocycles. The standard InChI is InChI=1S/C14H16F3NO3/c1-10-2-3-11(8-12(10)21-9-14(15,16)17)13(19)18-4-6-20-7-5-18/h2-3,8H,4-7,9H2,1H3. The average molecular weight is 303 g/mol. The molecule has 1 aromatic rings. The summed E-state index contributed by atoms with van der Waals surface area (Å²) in [5.74, 6) is -0.151. The Kier molecular flexibility index (Phi) is 4.72. The third-order valence-electron chi connectivity index (χ3n) is 3.12. The Labute approximate surface area is 120 Å². The van der Waals surface area contributed by atoms with Crippen LogP contribution in [0.5, 0.6) is 5.75 Å². The predicted octanol–water partition coefficient (Wildman–Crippen LogP) is 2.41. The summed E-state index contributed by atoms with van der Waals surface area (Å²) in [6.07, 6.45) is -4.41. The van der Waals surface area contributed by atoms with E-state index in [9.17, 15) is 18.0 Å². The van der Waals surface area contributed by atoms with E-state index in [4.69, 9.17) is 9.47 Å². The van der Waals surface area contributed by atoms with Gasteiger partial charge in [0.25, 0.3) is 5.91 Å². The summed E-state index contributed by atoms with van der Waals surface area (Å²) in [6, 6.07) is 4.53. The van der Waals surface area contributed by atoms with Crippen molar-refractivity contribution in [2.45, 2.75) is 13.1 Å². The molecule has 0 saturated carbocycles. The van der Waals surface area contributed by atoms with Gasteiger partial charge in [-0.2, -0.15) is 13.2 Å². The number of morpholine rings is 1. The first-order valence-corrected chi connectivity index (χ1v) is 6.54. The molecule has 0 spiro atoms. The molecule has 7 heteroatoms. The highest BCUT2D eigenvalue weighted by molar-refractivity contribution is 5.94. The molecular weight excluding hydrogens is 287 g/mol. The Balaban J connectivity index is 2.11. The summed E-state index contributed by atoms with van der Waals surface area (Å²) in [7, 11) is 0. The van der Waals surface area contributed by atoms with Crippen molar-refractivity contribution in [3.63, 3.8) is 0 Å². The molecule has 2 rings (SSSR count). The largest absolute Gasteiger partial charge is 0.484 e. The maximum atomic E-state index is 12.3. The molecule has 1 saturated heterocycles. The number of aryl methyl sites for hydroxylation is 1. The smallest absolute Gasteiger partial charge is 0.422 e. The van der Waals surface area contributed by atoms with Crippen molar-refractivity contribution >= 4 is 5.91 Å². The van der Waals surface area contributed by atoms with E-state index in [0.29, 0.717) is 37.4 Å². The fraction of sp³-hybridized carbons (Fsp3) is 0.500. The van der Waals surface area contributed by atoms with Crippen LogP contribution >= 0.6 is 0 Å². The minimum Gasteiger partial charge on any atom is -0.484 e.